The van der Waals surface area contributed by atoms with Crippen LogP contribution < -0.4 is 4.74 Å². The van der Waals surface area contributed by atoms with E-state index in [2.05, 4.69) is 4.98 Å². The van der Waals surface area contributed by atoms with Gasteiger partial charge in [-0.05, 0) is 42.8 Å². The zero-order chi connectivity index (χ0) is 20.3. The Labute approximate surface area is 165 Å². The third-order valence-electron chi connectivity index (χ3n) is 3.97. The topological polar surface area (TPSA) is 96.7 Å². The van der Waals surface area contributed by atoms with Gasteiger partial charge in [0.1, 0.15) is 0 Å². The standard InChI is InChI=1S/C21H16ClNO5/c1-2-28-18-11-12(10-15(22)20(18)25)9-14(19(24)21(26)27)17-8-7-13-5-3-4-6-16(13)23-17/h3-11,25H,2H2,1H3,(H,26,27)/b14-9-. The first-order chi connectivity index (χ1) is 13.4. The minimum atomic E-state index is -1.60. The molecule has 0 spiro atoms. The molecule has 2 N–H and O–H groups in total. The Kier molecular flexibility index (Phi) is 5.61. The lowest BCUT2D eigenvalue weighted by atomic mass is 10.0. The van der Waals surface area contributed by atoms with Crippen molar-refractivity contribution < 1.29 is 24.5 Å². The number of halogens is 1. The van der Waals surface area contributed by atoms with E-state index in [-0.39, 0.29) is 27.8 Å². The summed E-state index contributed by atoms with van der Waals surface area (Å²) >= 11 is 6.03. The number of ketones is 1. The van der Waals surface area contributed by atoms with Crippen molar-refractivity contribution in [2.45, 2.75) is 6.92 Å². The number of benzene rings is 2. The number of para-hydroxylation sites is 1. The van der Waals surface area contributed by atoms with Crippen molar-refractivity contribution in [1.29, 1.82) is 0 Å². The van der Waals surface area contributed by atoms with Crippen LogP contribution in [0.3, 0.4) is 0 Å². The van der Waals surface area contributed by atoms with Crippen molar-refractivity contribution in [2.75, 3.05) is 6.61 Å². The first-order valence-electron chi connectivity index (χ1n) is 8.41. The largest absolute Gasteiger partial charge is 0.503 e. The zero-order valence-electron chi connectivity index (χ0n) is 14.8. The number of Topliss-reactive ketones (excluding diaryl/α,β-unsaturated/α-hetero) is 1. The molecule has 1 aromatic heterocycles. The van der Waals surface area contributed by atoms with Gasteiger partial charge in [0, 0.05) is 5.39 Å². The summed E-state index contributed by atoms with van der Waals surface area (Å²) in [5.74, 6) is -2.80. The second-order valence-corrected chi connectivity index (χ2v) is 6.27. The molecule has 0 saturated carbocycles. The molecule has 2 aromatic carbocycles. The number of aromatic hydroxyl groups is 1. The lowest BCUT2D eigenvalue weighted by Crippen LogP contribution is -2.15. The highest BCUT2D eigenvalue weighted by atomic mass is 35.5. The van der Waals surface area contributed by atoms with Crippen LogP contribution in [0.15, 0.2) is 48.5 Å². The maximum atomic E-state index is 12.3. The number of hydrogen-bond donors (Lipinski definition) is 2. The Balaban J connectivity index is 2.17. The van der Waals surface area contributed by atoms with E-state index in [1.807, 2.05) is 12.1 Å². The van der Waals surface area contributed by atoms with Crippen molar-refractivity contribution in [1.82, 2.24) is 4.98 Å². The number of pyridine rings is 1. The van der Waals surface area contributed by atoms with Crippen molar-refractivity contribution in [3.05, 3.63) is 64.8 Å². The van der Waals surface area contributed by atoms with E-state index in [1.165, 1.54) is 18.2 Å². The van der Waals surface area contributed by atoms with E-state index in [1.54, 1.807) is 31.2 Å². The number of phenolic OH excluding ortho intramolecular Hbond substituents is 1. The van der Waals surface area contributed by atoms with Gasteiger partial charge in [-0.2, -0.15) is 0 Å². The Morgan fingerprint density at radius 1 is 1.18 bits per heavy atom. The predicted octanol–water partition coefficient (Wildman–Crippen LogP) is 4.19. The van der Waals surface area contributed by atoms with Crippen molar-refractivity contribution in [3.63, 3.8) is 0 Å². The molecule has 3 rings (SSSR count). The van der Waals surface area contributed by atoms with Crippen LogP contribution in [0.5, 0.6) is 11.5 Å². The molecule has 0 aliphatic carbocycles. The number of carboxylic acid groups (broad SMARTS) is 1. The first-order valence-corrected chi connectivity index (χ1v) is 8.79. The van der Waals surface area contributed by atoms with Gasteiger partial charge in [0.15, 0.2) is 11.5 Å². The van der Waals surface area contributed by atoms with Crippen LogP contribution in [0.1, 0.15) is 18.2 Å². The Bertz CT molecular complexity index is 1110. The van der Waals surface area contributed by atoms with Crippen LogP contribution in [0, 0.1) is 0 Å². The van der Waals surface area contributed by atoms with Crippen molar-refractivity contribution >= 4 is 45.9 Å². The summed E-state index contributed by atoms with van der Waals surface area (Å²) < 4.78 is 5.33. The van der Waals surface area contributed by atoms with E-state index < -0.39 is 11.8 Å². The normalized spacial score (nSPS) is 11.4. The highest BCUT2D eigenvalue weighted by Crippen LogP contribution is 2.36. The van der Waals surface area contributed by atoms with E-state index in [4.69, 9.17) is 16.3 Å². The van der Waals surface area contributed by atoms with Gasteiger partial charge in [0.05, 0.1) is 28.4 Å². The smallest absolute Gasteiger partial charge is 0.377 e. The summed E-state index contributed by atoms with van der Waals surface area (Å²) in [4.78, 5) is 28.1. The average molecular weight is 398 g/mol. The van der Waals surface area contributed by atoms with Crippen LogP contribution in [-0.4, -0.2) is 33.6 Å². The van der Waals surface area contributed by atoms with Gasteiger partial charge in [0.2, 0.25) is 0 Å². The number of phenols is 1. The molecule has 0 radical (unpaired) electrons. The SMILES string of the molecule is CCOc1cc(/C=C(\C(=O)C(=O)O)c2ccc3ccccc3n2)cc(Cl)c1O. The van der Waals surface area contributed by atoms with E-state index in [9.17, 15) is 19.8 Å². The van der Waals surface area contributed by atoms with Gasteiger partial charge in [-0.1, -0.05) is 35.9 Å². The van der Waals surface area contributed by atoms with Gasteiger partial charge in [-0.3, -0.25) is 4.79 Å². The van der Waals surface area contributed by atoms with Crippen molar-refractivity contribution in [3.8, 4) is 11.5 Å². The molecule has 0 bridgehead atoms. The second-order valence-electron chi connectivity index (χ2n) is 5.86. The first kappa shape index (κ1) is 19.4. The van der Waals surface area contributed by atoms with Gasteiger partial charge >= 0.3 is 5.97 Å². The van der Waals surface area contributed by atoms with Crippen molar-refractivity contribution in [2.24, 2.45) is 0 Å². The molecule has 3 aromatic rings. The zero-order valence-corrected chi connectivity index (χ0v) is 15.6. The van der Waals surface area contributed by atoms with Crippen LogP contribution in [-0.2, 0) is 9.59 Å². The lowest BCUT2D eigenvalue weighted by molar-refractivity contribution is -0.146. The van der Waals surface area contributed by atoms with E-state index in [0.717, 1.165) is 5.39 Å². The van der Waals surface area contributed by atoms with Crippen LogP contribution in [0.2, 0.25) is 5.02 Å². The molecule has 28 heavy (non-hydrogen) atoms. The average Bonchev–Trinajstić information content (AvgIpc) is 2.69. The minimum Gasteiger partial charge on any atom is -0.503 e. The number of carboxylic acids is 1. The summed E-state index contributed by atoms with van der Waals surface area (Å²) in [7, 11) is 0. The molecular weight excluding hydrogens is 382 g/mol. The predicted molar refractivity (Wildman–Crippen MR) is 107 cm³/mol. The third-order valence-corrected chi connectivity index (χ3v) is 4.26. The molecule has 142 valence electrons. The molecule has 0 saturated heterocycles. The van der Waals surface area contributed by atoms with Gasteiger partial charge in [-0.25, -0.2) is 9.78 Å². The van der Waals surface area contributed by atoms with Crippen LogP contribution in [0.25, 0.3) is 22.6 Å². The number of hydrogen-bond acceptors (Lipinski definition) is 5. The second kappa shape index (κ2) is 8.10. The summed E-state index contributed by atoms with van der Waals surface area (Å²) in [6.07, 6.45) is 1.36. The fourth-order valence-electron chi connectivity index (χ4n) is 2.70. The molecule has 0 atom stereocenters. The molecule has 6 nitrogen and oxygen atoms in total. The molecule has 0 amide bonds. The number of nitrogens with zero attached hydrogens (tertiary/aromatic N) is 1. The number of rotatable bonds is 6. The monoisotopic (exact) mass is 397 g/mol. The number of aliphatic carboxylic acids is 1. The van der Waals surface area contributed by atoms with Gasteiger partial charge in [-0.15, -0.1) is 0 Å². The molecule has 7 heteroatoms. The lowest BCUT2D eigenvalue weighted by Gasteiger charge is -2.10. The molecular formula is C21H16ClNO5. The number of aromatic nitrogens is 1. The molecule has 0 fully saturated rings. The Hall–Kier alpha value is -3.38. The Morgan fingerprint density at radius 2 is 1.93 bits per heavy atom. The van der Waals surface area contributed by atoms with E-state index in [0.29, 0.717) is 17.7 Å². The maximum absolute atomic E-state index is 12.3. The molecule has 0 aliphatic rings. The minimum absolute atomic E-state index is 0.0193. The molecule has 0 unspecified atom stereocenters. The quantitative estimate of drug-likeness (QED) is 0.478. The Morgan fingerprint density at radius 3 is 2.64 bits per heavy atom. The highest BCUT2D eigenvalue weighted by Gasteiger charge is 2.21. The van der Waals surface area contributed by atoms with Gasteiger partial charge in [0.25, 0.3) is 5.78 Å². The summed E-state index contributed by atoms with van der Waals surface area (Å²) in [6, 6.07) is 13.5. The molecule has 0 aliphatic heterocycles. The molecule has 1 heterocycles. The van der Waals surface area contributed by atoms with Gasteiger partial charge < -0.3 is 14.9 Å². The third kappa shape index (κ3) is 3.97. The summed E-state index contributed by atoms with van der Waals surface area (Å²) in [5.41, 5.74) is 1.13. The van der Waals surface area contributed by atoms with Crippen LogP contribution >= 0.6 is 11.6 Å². The van der Waals surface area contributed by atoms with Crippen LogP contribution in [0.4, 0.5) is 0 Å². The summed E-state index contributed by atoms with van der Waals surface area (Å²) in [5, 5.41) is 20.1. The highest BCUT2D eigenvalue weighted by molar-refractivity contribution is 6.52. The van der Waals surface area contributed by atoms with E-state index >= 15 is 0 Å². The number of ether oxygens (including phenoxy) is 1. The summed E-state index contributed by atoms with van der Waals surface area (Å²) in [6.45, 7) is 2.04. The maximum Gasteiger partial charge on any atom is 0.377 e. The fraction of sp³-hybridized carbons (Fsp3) is 0.0952. The number of carbonyl (C=O) groups excluding carboxylic acids is 1. The number of carbonyl (C=O) groups is 2. The fourth-order valence-corrected chi connectivity index (χ4v) is 2.92. The number of fused-ring (bicyclic) bond motifs is 1.